The van der Waals surface area contributed by atoms with Gasteiger partial charge in [0.2, 0.25) is 11.8 Å². The highest BCUT2D eigenvalue weighted by molar-refractivity contribution is 5.82. The number of nitrogens with zero attached hydrogens (tertiary/aromatic N) is 1. The van der Waals surface area contributed by atoms with Gasteiger partial charge in [0, 0.05) is 25.6 Å². The molecule has 27 heavy (non-hydrogen) atoms. The second kappa shape index (κ2) is 8.83. The van der Waals surface area contributed by atoms with Gasteiger partial charge in [-0.1, -0.05) is 26.0 Å². The molecule has 2 heterocycles. The number of carbonyl (C=O) groups excluding carboxylic acids is 2. The zero-order valence-electron chi connectivity index (χ0n) is 16.1. The molecule has 0 aromatic heterocycles. The lowest BCUT2D eigenvalue weighted by atomic mass is 9.94. The van der Waals surface area contributed by atoms with Crippen LogP contribution < -0.4 is 5.32 Å². The third-order valence-corrected chi connectivity index (χ3v) is 5.46. The van der Waals surface area contributed by atoms with Crippen molar-refractivity contribution < 1.29 is 18.7 Å². The number of piperidine rings is 1. The molecular weight excluding hydrogens is 347 g/mol. The fraction of sp³-hybridized carbons (Fsp3) is 0.619. The summed E-state index contributed by atoms with van der Waals surface area (Å²) in [5.74, 6) is -0.537. The summed E-state index contributed by atoms with van der Waals surface area (Å²) in [6.45, 7) is 5.62. The van der Waals surface area contributed by atoms with Crippen LogP contribution in [0.3, 0.4) is 0 Å². The SMILES string of the molecule is CC(C)C(=O)N1CCCC(C(=O)NC(c2ccc(F)cc2)C2CCCO2)C1. The third-order valence-electron chi connectivity index (χ3n) is 5.46. The maximum atomic E-state index is 13.3. The Morgan fingerprint density at radius 2 is 1.93 bits per heavy atom. The molecule has 1 aromatic rings. The quantitative estimate of drug-likeness (QED) is 0.859. The van der Waals surface area contributed by atoms with E-state index >= 15 is 0 Å². The lowest BCUT2D eigenvalue weighted by Crippen LogP contribution is -2.48. The summed E-state index contributed by atoms with van der Waals surface area (Å²) in [6.07, 6.45) is 3.33. The average Bonchev–Trinajstić information content (AvgIpc) is 3.20. The molecule has 2 amide bonds. The van der Waals surface area contributed by atoms with E-state index in [1.807, 2.05) is 13.8 Å². The number of ether oxygens (including phenoxy) is 1. The Bertz CT molecular complexity index is 656. The van der Waals surface area contributed by atoms with Crippen LogP contribution in [0, 0.1) is 17.7 Å². The fourth-order valence-electron chi connectivity index (χ4n) is 3.95. The summed E-state index contributed by atoms with van der Waals surface area (Å²) in [5, 5.41) is 3.13. The van der Waals surface area contributed by atoms with Crippen LogP contribution in [0.2, 0.25) is 0 Å². The molecule has 2 saturated heterocycles. The molecule has 3 unspecified atom stereocenters. The van der Waals surface area contributed by atoms with E-state index in [4.69, 9.17) is 4.74 Å². The topological polar surface area (TPSA) is 58.6 Å². The van der Waals surface area contributed by atoms with Crippen LogP contribution in [0.15, 0.2) is 24.3 Å². The van der Waals surface area contributed by atoms with Gasteiger partial charge in [0.05, 0.1) is 18.1 Å². The Balaban J connectivity index is 1.70. The first-order valence-corrected chi connectivity index (χ1v) is 9.92. The van der Waals surface area contributed by atoms with Crippen LogP contribution >= 0.6 is 0 Å². The molecule has 3 rings (SSSR count). The van der Waals surface area contributed by atoms with Gasteiger partial charge in [0.25, 0.3) is 0 Å². The van der Waals surface area contributed by atoms with Gasteiger partial charge in [-0.05, 0) is 43.4 Å². The van der Waals surface area contributed by atoms with Crippen LogP contribution in [-0.2, 0) is 14.3 Å². The Morgan fingerprint density at radius 3 is 2.56 bits per heavy atom. The fourth-order valence-corrected chi connectivity index (χ4v) is 3.95. The largest absolute Gasteiger partial charge is 0.376 e. The maximum Gasteiger partial charge on any atom is 0.225 e. The molecule has 0 radical (unpaired) electrons. The smallest absolute Gasteiger partial charge is 0.225 e. The van der Waals surface area contributed by atoms with Crippen molar-refractivity contribution in [2.24, 2.45) is 11.8 Å². The molecule has 0 spiro atoms. The van der Waals surface area contributed by atoms with Gasteiger partial charge < -0.3 is 15.0 Å². The van der Waals surface area contributed by atoms with E-state index in [2.05, 4.69) is 5.32 Å². The predicted octanol–water partition coefficient (Wildman–Crippen LogP) is 3.06. The number of carbonyl (C=O) groups is 2. The third kappa shape index (κ3) is 4.86. The van der Waals surface area contributed by atoms with Crippen LogP contribution in [0.1, 0.15) is 51.1 Å². The highest BCUT2D eigenvalue weighted by Crippen LogP contribution is 2.28. The Hall–Kier alpha value is -1.95. The summed E-state index contributed by atoms with van der Waals surface area (Å²) in [5.41, 5.74) is 0.850. The molecule has 148 valence electrons. The zero-order chi connectivity index (χ0) is 19.4. The molecule has 1 N–H and O–H groups in total. The molecule has 0 bridgehead atoms. The number of hydrogen-bond donors (Lipinski definition) is 1. The summed E-state index contributed by atoms with van der Waals surface area (Å²) in [7, 11) is 0. The molecule has 0 saturated carbocycles. The van der Waals surface area contributed by atoms with E-state index in [-0.39, 0.29) is 41.6 Å². The minimum Gasteiger partial charge on any atom is -0.376 e. The lowest BCUT2D eigenvalue weighted by molar-refractivity contribution is -0.138. The van der Waals surface area contributed by atoms with Gasteiger partial charge >= 0.3 is 0 Å². The van der Waals surface area contributed by atoms with Crippen molar-refractivity contribution in [1.29, 1.82) is 0 Å². The van der Waals surface area contributed by atoms with Crippen molar-refractivity contribution in [2.45, 2.75) is 51.7 Å². The molecule has 6 heteroatoms. The second-order valence-corrected chi connectivity index (χ2v) is 7.87. The van der Waals surface area contributed by atoms with Crippen molar-refractivity contribution >= 4 is 11.8 Å². The lowest BCUT2D eigenvalue weighted by Gasteiger charge is -2.34. The van der Waals surface area contributed by atoms with Gasteiger partial charge in [0.15, 0.2) is 0 Å². The Labute approximate surface area is 160 Å². The van der Waals surface area contributed by atoms with E-state index in [1.165, 1.54) is 12.1 Å². The number of nitrogens with one attached hydrogen (secondary N) is 1. The summed E-state index contributed by atoms with van der Waals surface area (Å²) < 4.78 is 19.1. The van der Waals surface area contributed by atoms with E-state index < -0.39 is 0 Å². The van der Waals surface area contributed by atoms with Gasteiger partial charge in [-0.2, -0.15) is 0 Å². The van der Waals surface area contributed by atoms with Crippen molar-refractivity contribution in [3.05, 3.63) is 35.6 Å². The van der Waals surface area contributed by atoms with E-state index in [0.29, 0.717) is 19.7 Å². The molecule has 1 aromatic carbocycles. The van der Waals surface area contributed by atoms with Crippen LogP contribution in [0.25, 0.3) is 0 Å². The zero-order valence-corrected chi connectivity index (χ0v) is 16.1. The molecule has 5 nitrogen and oxygen atoms in total. The van der Waals surface area contributed by atoms with Gasteiger partial charge in [0.1, 0.15) is 5.82 Å². The van der Waals surface area contributed by atoms with E-state index in [0.717, 1.165) is 31.2 Å². The minimum atomic E-state index is -0.300. The number of likely N-dealkylation sites (tertiary alicyclic amines) is 1. The molecule has 0 aliphatic carbocycles. The van der Waals surface area contributed by atoms with Crippen molar-refractivity contribution in [3.8, 4) is 0 Å². The number of halogens is 1. The van der Waals surface area contributed by atoms with Crippen LogP contribution in [0.4, 0.5) is 4.39 Å². The van der Waals surface area contributed by atoms with Crippen molar-refractivity contribution in [3.63, 3.8) is 0 Å². The normalized spacial score (nSPS) is 24.1. The summed E-state index contributed by atoms with van der Waals surface area (Å²) in [4.78, 5) is 27.1. The predicted molar refractivity (Wildman–Crippen MR) is 100 cm³/mol. The standard InChI is InChI=1S/C21H29FN2O3/c1-14(2)21(26)24-11-3-5-16(13-24)20(25)23-19(18-6-4-12-27-18)15-7-9-17(22)10-8-15/h7-10,14,16,18-19H,3-6,11-13H2,1-2H3,(H,23,25). The van der Waals surface area contributed by atoms with Crippen LogP contribution in [-0.4, -0.2) is 42.5 Å². The molecule has 3 atom stereocenters. The van der Waals surface area contributed by atoms with Gasteiger partial charge in [-0.3, -0.25) is 9.59 Å². The second-order valence-electron chi connectivity index (χ2n) is 7.87. The molecular formula is C21H29FN2O3. The molecule has 2 aliphatic rings. The first-order valence-electron chi connectivity index (χ1n) is 9.92. The highest BCUT2D eigenvalue weighted by Gasteiger charge is 2.33. The van der Waals surface area contributed by atoms with Gasteiger partial charge in [-0.15, -0.1) is 0 Å². The minimum absolute atomic E-state index is 0.0546. The molecule has 2 fully saturated rings. The summed E-state index contributed by atoms with van der Waals surface area (Å²) >= 11 is 0. The first kappa shape index (κ1) is 19.8. The molecule has 2 aliphatic heterocycles. The van der Waals surface area contributed by atoms with E-state index in [9.17, 15) is 14.0 Å². The Morgan fingerprint density at radius 1 is 1.19 bits per heavy atom. The summed E-state index contributed by atoms with van der Waals surface area (Å²) in [6, 6.07) is 5.94. The highest BCUT2D eigenvalue weighted by atomic mass is 19.1. The van der Waals surface area contributed by atoms with Crippen molar-refractivity contribution in [2.75, 3.05) is 19.7 Å². The maximum absolute atomic E-state index is 13.3. The number of rotatable bonds is 5. The van der Waals surface area contributed by atoms with Crippen LogP contribution in [0.5, 0.6) is 0 Å². The average molecular weight is 376 g/mol. The number of hydrogen-bond acceptors (Lipinski definition) is 3. The van der Waals surface area contributed by atoms with Crippen molar-refractivity contribution in [1.82, 2.24) is 10.2 Å². The number of amides is 2. The monoisotopic (exact) mass is 376 g/mol. The Kier molecular flexibility index (Phi) is 6.47. The first-order chi connectivity index (χ1) is 13.0. The van der Waals surface area contributed by atoms with E-state index in [1.54, 1.807) is 17.0 Å². The van der Waals surface area contributed by atoms with Gasteiger partial charge in [-0.25, -0.2) is 4.39 Å². The number of benzene rings is 1.